The lowest BCUT2D eigenvalue weighted by atomic mass is 10.1. The van der Waals surface area contributed by atoms with Crippen LogP contribution in [0.3, 0.4) is 0 Å². The number of benzene rings is 1. The van der Waals surface area contributed by atoms with Gasteiger partial charge in [-0.25, -0.2) is 0 Å². The van der Waals surface area contributed by atoms with Crippen LogP contribution in [0.2, 0.25) is 0 Å². The molecule has 0 unspecified atom stereocenters. The number of H-pyrrole nitrogens is 1. The van der Waals surface area contributed by atoms with Crippen LogP contribution in [0, 0.1) is 3.95 Å². The summed E-state index contributed by atoms with van der Waals surface area (Å²) >= 11 is 6.46. The molecule has 72 valence electrons. The molecule has 4 heteroatoms. The van der Waals surface area contributed by atoms with Crippen molar-refractivity contribution in [1.82, 2.24) is 4.98 Å². The van der Waals surface area contributed by atoms with Crippen LogP contribution in [0.15, 0.2) is 30.3 Å². The van der Waals surface area contributed by atoms with Crippen LogP contribution in [-0.2, 0) is 6.61 Å². The maximum absolute atomic E-state index is 9.14. The van der Waals surface area contributed by atoms with Gasteiger partial charge in [0.1, 0.15) is 0 Å². The van der Waals surface area contributed by atoms with Crippen LogP contribution >= 0.6 is 23.6 Å². The lowest BCUT2D eigenvalue weighted by Gasteiger charge is -1.99. The van der Waals surface area contributed by atoms with Crippen molar-refractivity contribution in [3.63, 3.8) is 0 Å². The van der Waals surface area contributed by atoms with Crippen LogP contribution in [-0.4, -0.2) is 10.1 Å². The van der Waals surface area contributed by atoms with E-state index in [1.807, 2.05) is 30.3 Å². The van der Waals surface area contributed by atoms with Gasteiger partial charge in [-0.1, -0.05) is 30.3 Å². The summed E-state index contributed by atoms with van der Waals surface area (Å²) < 4.78 is 0.702. The number of hydrogen-bond donors (Lipinski definition) is 2. The van der Waals surface area contributed by atoms with Crippen molar-refractivity contribution in [2.75, 3.05) is 0 Å². The molecule has 0 saturated heterocycles. The summed E-state index contributed by atoms with van der Waals surface area (Å²) in [5.41, 5.74) is 1.99. The molecule has 2 rings (SSSR count). The molecule has 1 aromatic heterocycles. The highest BCUT2D eigenvalue weighted by atomic mass is 32.1. The Bertz CT molecular complexity index is 472. The van der Waals surface area contributed by atoms with Gasteiger partial charge in [0.15, 0.2) is 3.95 Å². The number of nitrogens with one attached hydrogen (secondary N) is 1. The zero-order chi connectivity index (χ0) is 9.97. The zero-order valence-electron chi connectivity index (χ0n) is 7.36. The van der Waals surface area contributed by atoms with Crippen LogP contribution in [0.4, 0.5) is 0 Å². The summed E-state index contributed by atoms with van der Waals surface area (Å²) in [6.45, 7) is 0.0298. The average molecular weight is 223 g/mol. The van der Waals surface area contributed by atoms with Crippen LogP contribution < -0.4 is 0 Å². The van der Waals surface area contributed by atoms with E-state index >= 15 is 0 Å². The predicted octanol–water partition coefficient (Wildman–Crippen LogP) is 2.96. The smallest absolute Gasteiger partial charge is 0.159 e. The third kappa shape index (κ3) is 1.77. The van der Waals surface area contributed by atoms with Gasteiger partial charge in [-0.2, -0.15) is 0 Å². The third-order valence-electron chi connectivity index (χ3n) is 1.93. The number of aliphatic hydroxyl groups is 1. The lowest BCUT2D eigenvalue weighted by molar-refractivity contribution is 0.286. The molecule has 2 N–H and O–H groups in total. The molecule has 0 saturated carbocycles. The molecule has 0 aliphatic heterocycles. The number of aromatic amines is 1. The third-order valence-corrected chi connectivity index (χ3v) is 3.15. The van der Waals surface area contributed by atoms with Gasteiger partial charge < -0.3 is 10.1 Å². The van der Waals surface area contributed by atoms with Gasteiger partial charge in [0.25, 0.3) is 0 Å². The molecule has 0 fully saturated rings. The van der Waals surface area contributed by atoms with Gasteiger partial charge in [0, 0.05) is 0 Å². The Labute approximate surface area is 90.9 Å². The summed E-state index contributed by atoms with van der Waals surface area (Å²) in [4.78, 5) is 3.98. The van der Waals surface area contributed by atoms with Gasteiger partial charge in [-0.05, 0) is 17.8 Å². The molecule has 0 aliphatic carbocycles. The molecule has 14 heavy (non-hydrogen) atoms. The van der Waals surface area contributed by atoms with E-state index in [-0.39, 0.29) is 6.61 Å². The second kappa shape index (κ2) is 4.04. The van der Waals surface area contributed by atoms with Crippen LogP contribution in [0.25, 0.3) is 11.3 Å². The second-order valence-corrected chi connectivity index (χ2v) is 4.61. The molecular weight excluding hydrogens is 214 g/mol. The highest BCUT2D eigenvalue weighted by Crippen LogP contribution is 2.25. The second-order valence-electron chi connectivity index (χ2n) is 2.84. The molecule has 1 heterocycles. The largest absolute Gasteiger partial charge is 0.391 e. The van der Waals surface area contributed by atoms with E-state index < -0.39 is 0 Å². The van der Waals surface area contributed by atoms with E-state index in [4.69, 9.17) is 17.3 Å². The summed E-state index contributed by atoms with van der Waals surface area (Å²) in [6.07, 6.45) is 0. The Balaban J connectivity index is 2.56. The molecule has 0 atom stereocenters. The van der Waals surface area contributed by atoms with Crippen molar-refractivity contribution in [2.24, 2.45) is 0 Å². The van der Waals surface area contributed by atoms with Gasteiger partial charge in [-0.15, -0.1) is 11.3 Å². The van der Waals surface area contributed by atoms with E-state index in [0.717, 1.165) is 16.1 Å². The molecule has 2 nitrogen and oxygen atoms in total. The normalized spacial score (nSPS) is 10.4. The minimum Gasteiger partial charge on any atom is -0.391 e. The fraction of sp³-hybridized carbons (Fsp3) is 0.100. The standard InChI is InChI=1S/C10H9NOS2/c12-6-8-9(11-10(13)14-8)7-4-2-1-3-5-7/h1-5,12H,6H2,(H,11,13). The average Bonchev–Trinajstić information content (AvgIpc) is 2.61. The van der Waals surface area contributed by atoms with Crippen molar-refractivity contribution >= 4 is 23.6 Å². The monoisotopic (exact) mass is 223 g/mol. The number of thiazole rings is 1. The molecule has 0 amide bonds. The maximum atomic E-state index is 9.14. The first-order chi connectivity index (χ1) is 6.81. The van der Waals surface area contributed by atoms with Gasteiger partial charge in [-0.3, -0.25) is 0 Å². The van der Waals surface area contributed by atoms with Crippen LogP contribution in [0.5, 0.6) is 0 Å². The topological polar surface area (TPSA) is 36.0 Å². The van der Waals surface area contributed by atoms with Gasteiger partial charge in [0.2, 0.25) is 0 Å². The molecule has 2 aromatic rings. The highest BCUT2D eigenvalue weighted by Gasteiger charge is 2.06. The van der Waals surface area contributed by atoms with E-state index in [0.29, 0.717) is 3.95 Å². The van der Waals surface area contributed by atoms with E-state index in [1.54, 1.807) is 0 Å². The van der Waals surface area contributed by atoms with Crippen molar-refractivity contribution in [1.29, 1.82) is 0 Å². The number of aliphatic hydroxyl groups excluding tert-OH is 1. The Hall–Kier alpha value is -0.970. The first-order valence-electron chi connectivity index (χ1n) is 4.19. The van der Waals surface area contributed by atoms with Gasteiger partial charge in [0.05, 0.1) is 17.2 Å². The summed E-state index contributed by atoms with van der Waals surface area (Å²) in [5, 5.41) is 9.14. The Morgan fingerprint density at radius 3 is 2.64 bits per heavy atom. The first kappa shape index (κ1) is 9.58. The molecule has 0 spiro atoms. The van der Waals surface area contributed by atoms with E-state index in [1.165, 1.54) is 11.3 Å². The SMILES string of the molecule is OCc1sc(=S)[nH]c1-c1ccccc1. The van der Waals surface area contributed by atoms with Crippen LogP contribution in [0.1, 0.15) is 4.88 Å². The minimum atomic E-state index is 0.0298. The Morgan fingerprint density at radius 1 is 1.29 bits per heavy atom. The first-order valence-corrected chi connectivity index (χ1v) is 5.42. The zero-order valence-corrected chi connectivity index (χ0v) is 8.99. The minimum absolute atomic E-state index is 0.0298. The molecule has 0 aliphatic rings. The maximum Gasteiger partial charge on any atom is 0.159 e. The van der Waals surface area contributed by atoms with Crippen molar-refractivity contribution in [2.45, 2.75) is 6.61 Å². The van der Waals surface area contributed by atoms with Gasteiger partial charge >= 0.3 is 0 Å². The van der Waals surface area contributed by atoms with Crippen molar-refractivity contribution in [3.8, 4) is 11.3 Å². The quantitative estimate of drug-likeness (QED) is 0.768. The summed E-state index contributed by atoms with van der Waals surface area (Å²) in [7, 11) is 0. The predicted molar refractivity (Wildman–Crippen MR) is 60.9 cm³/mol. The highest BCUT2D eigenvalue weighted by molar-refractivity contribution is 7.73. The van der Waals surface area contributed by atoms with Crippen molar-refractivity contribution in [3.05, 3.63) is 39.2 Å². The molecule has 1 aromatic carbocycles. The number of hydrogen-bond acceptors (Lipinski definition) is 3. The van der Waals surface area contributed by atoms with E-state index in [2.05, 4.69) is 4.98 Å². The molecule has 0 bridgehead atoms. The Morgan fingerprint density at radius 2 is 2.00 bits per heavy atom. The lowest BCUT2D eigenvalue weighted by Crippen LogP contribution is -1.84. The Kier molecular flexibility index (Phi) is 2.77. The number of rotatable bonds is 2. The fourth-order valence-electron chi connectivity index (χ4n) is 1.31. The molecule has 0 radical (unpaired) electrons. The van der Waals surface area contributed by atoms with Crippen molar-refractivity contribution < 1.29 is 5.11 Å². The summed E-state index contributed by atoms with van der Waals surface area (Å²) in [5.74, 6) is 0. The summed E-state index contributed by atoms with van der Waals surface area (Å²) in [6, 6.07) is 9.87. The molecular formula is C10H9NOS2. The number of aromatic nitrogens is 1. The van der Waals surface area contributed by atoms with E-state index in [9.17, 15) is 0 Å². The fourth-order valence-corrected chi connectivity index (χ4v) is 2.43.